The number of aromatic nitrogens is 2. The molecule has 2 N–H and O–H groups in total. The van der Waals surface area contributed by atoms with Gasteiger partial charge in [-0.05, 0) is 24.6 Å². The zero-order chi connectivity index (χ0) is 15.6. The smallest absolute Gasteiger partial charge is 0.191 e. The van der Waals surface area contributed by atoms with E-state index in [1.165, 1.54) is 0 Å². The second-order valence-corrected chi connectivity index (χ2v) is 4.81. The van der Waals surface area contributed by atoms with Crippen molar-refractivity contribution in [3.8, 4) is 5.75 Å². The van der Waals surface area contributed by atoms with Crippen LogP contribution in [0.3, 0.4) is 0 Å². The highest BCUT2D eigenvalue weighted by molar-refractivity contribution is 5.79. The van der Waals surface area contributed by atoms with Crippen molar-refractivity contribution >= 4 is 5.96 Å². The fourth-order valence-corrected chi connectivity index (χ4v) is 1.96. The number of ether oxygens (including phenoxy) is 1. The molecule has 6 nitrogen and oxygen atoms in total. The molecule has 0 atom stereocenters. The first kappa shape index (κ1) is 15.9. The Labute approximate surface area is 131 Å². The summed E-state index contributed by atoms with van der Waals surface area (Å²) >= 11 is 0. The molecular weight excluding hydrogens is 278 g/mol. The molecular formula is C16H23N5O. The molecule has 0 saturated carbocycles. The van der Waals surface area contributed by atoms with Gasteiger partial charge in [-0.3, -0.25) is 9.67 Å². The summed E-state index contributed by atoms with van der Waals surface area (Å²) in [6.07, 6.45) is 2.69. The summed E-state index contributed by atoms with van der Waals surface area (Å²) in [4.78, 5) is 4.20. The van der Waals surface area contributed by atoms with Gasteiger partial charge in [0.25, 0.3) is 0 Å². The highest BCUT2D eigenvalue weighted by Crippen LogP contribution is 2.07. The minimum absolute atomic E-state index is 0.676. The molecule has 2 aromatic rings. The van der Waals surface area contributed by atoms with E-state index in [4.69, 9.17) is 4.74 Å². The van der Waals surface area contributed by atoms with Gasteiger partial charge in [0.05, 0.1) is 18.8 Å². The highest BCUT2D eigenvalue weighted by Gasteiger charge is 2.01. The fourth-order valence-electron chi connectivity index (χ4n) is 1.96. The Morgan fingerprint density at radius 3 is 2.73 bits per heavy atom. The standard InChI is InChI=1S/C16H23N5O/c1-17-16(19-13-14-9-11-20-21(14)2)18-10-6-12-22-15-7-4-3-5-8-15/h3-5,7-9,11H,6,10,12-13H2,1-2H3,(H2,17,18,19). The van der Waals surface area contributed by atoms with Crippen molar-refractivity contribution in [1.82, 2.24) is 20.4 Å². The van der Waals surface area contributed by atoms with Gasteiger partial charge in [-0.1, -0.05) is 18.2 Å². The van der Waals surface area contributed by atoms with E-state index in [-0.39, 0.29) is 0 Å². The normalized spacial score (nSPS) is 11.3. The van der Waals surface area contributed by atoms with E-state index < -0.39 is 0 Å². The number of nitrogens with one attached hydrogen (secondary N) is 2. The molecule has 0 aliphatic heterocycles. The molecule has 6 heteroatoms. The third kappa shape index (κ3) is 5.12. The number of rotatable bonds is 7. The minimum atomic E-state index is 0.676. The van der Waals surface area contributed by atoms with Crippen LogP contribution in [0.1, 0.15) is 12.1 Å². The summed E-state index contributed by atoms with van der Waals surface area (Å²) in [5.74, 6) is 1.68. The van der Waals surface area contributed by atoms with E-state index in [0.29, 0.717) is 13.2 Å². The first-order valence-corrected chi connectivity index (χ1v) is 7.39. The van der Waals surface area contributed by atoms with Gasteiger partial charge in [0, 0.05) is 26.8 Å². The first-order chi connectivity index (χ1) is 10.8. The van der Waals surface area contributed by atoms with Gasteiger partial charge in [0.15, 0.2) is 5.96 Å². The molecule has 1 aromatic carbocycles. The molecule has 2 rings (SSSR count). The molecule has 0 bridgehead atoms. The number of aryl methyl sites for hydroxylation is 1. The van der Waals surface area contributed by atoms with Crippen LogP contribution in [0, 0.1) is 0 Å². The molecule has 0 aliphatic carbocycles. The summed E-state index contributed by atoms with van der Waals surface area (Å²) in [5, 5.41) is 10.7. The maximum atomic E-state index is 5.64. The largest absolute Gasteiger partial charge is 0.494 e. The van der Waals surface area contributed by atoms with Crippen molar-refractivity contribution in [3.63, 3.8) is 0 Å². The molecule has 0 amide bonds. The molecule has 0 saturated heterocycles. The van der Waals surface area contributed by atoms with Gasteiger partial charge in [-0.25, -0.2) is 0 Å². The van der Waals surface area contributed by atoms with Crippen LogP contribution < -0.4 is 15.4 Å². The lowest BCUT2D eigenvalue weighted by Crippen LogP contribution is -2.38. The maximum Gasteiger partial charge on any atom is 0.191 e. The molecule has 0 aliphatic rings. The Kier molecular flexibility index (Phi) is 6.29. The summed E-state index contributed by atoms with van der Waals surface area (Å²) in [6.45, 7) is 2.17. The van der Waals surface area contributed by atoms with Crippen LogP contribution in [0.4, 0.5) is 0 Å². The summed E-state index contributed by atoms with van der Waals surface area (Å²) in [6, 6.07) is 11.8. The second-order valence-electron chi connectivity index (χ2n) is 4.81. The number of para-hydroxylation sites is 1. The molecule has 118 valence electrons. The van der Waals surface area contributed by atoms with Crippen molar-refractivity contribution in [1.29, 1.82) is 0 Å². The van der Waals surface area contributed by atoms with E-state index in [2.05, 4.69) is 20.7 Å². The van der Waals surface area contributed by atoms with Crippen molar-refractivity contribution in [2.24, 2.45) is 12.0 Å². The van der Waals surface area contributed by atoms with E-state index in [1.807, 2.05) is 48.1 Å². The van der Waals surface area contributed by atoms with Crippen molar-refractivity contribution in [2.75, 3.05) is 20.2 Å². The lowest BCUT2D eigenvalue weighted by molar-refractivity contribution is 0.311. The molecule has 22 heavy (non-hydrogen) atoms. The average Bonchev–Trinajstić information content (AvgIpc) is 2.96. The Balaban J connectivity index is 1.61. The quantitative estimate of drug-likeness (QED) is 0.463. The summed E-state index contributed by atoms with van der Waals surface area (Å²) in [5.41, 5.74) is 1.11. The molecule has 1 heterocycles. The zero-order valence-corrected chi connectivity index (χ0v) is 13.1. The summed E-state index contributed by atoms with van der Waals surface area (Å²) < 4.78 is 7.49. The maximum absolute atomic E-state index is 5.64. The van der Waals surface area contributed by atoms with Gasteiger partial charge in [0.2, 0.25) is 0 Å². The van der Waals surface area contributed by atoms with E-state index in [1.54, 1.807) is 13.2 Å². The Morgan fingerprint density at radius 1 is 1.23 bits per heavy atom. The highest BCUT2D eigenvalue weighted by atomic mass is 16.5. The third-order valence-electron chi connectivity index (χ3n) is 3.21. The minimum Gasteiger partial charge on any atom is -0.494 e. The lowest BCUT2D eigenvalue weighted by Gasteiger charge is -2.12. The fraction of sp³-hybridized carbons (Fsp3) is 0.375. The number of aliphatic imine (C=N–C) groups is 1. The van der Waals surface area contributed by atoms with Crippen LogP contribution >= 0.6 is 0 Å². The van der Waals surface area contributed by atoms with Crippen molar-refractivity contribution in [3.05, 3.63) is 48.3 Å². The van der Waals surface area contributed by atoms with Crippen molar-refractivity contribution < 1.29 is 4.74 Å². The number of hydrogen-bond acceptors (Lipinski definition) is 3. The molecule has 1 aromatic heterocycles. The Bertz CT molecular complexity index is 579. The van der Waals surface area contributed by atoms with Gasteiger partial charge in [0.1, 0.15) is 5.75 Å². The molecule has 0 spiro atoms. The van der Waals surface area contributed by atoms with Crippen LogP contribution in [0.25, 0.3) is 0 Å². The predicted octanol–water partition coefficient (Wildman–Crippen LogP) is 1.55. The Hall–Kier alpha value is -2.50. The Morgan fingerprint density at radius 2 is 2.05 bits per heavy atom. The molecule has 0 fully saturated rings. The number of hydrogen-bond donors (Lipinski definition) is 2. The number of nitrogens with zero attached hydrogens (tertiary/aromatic N) is 3. The van der Waals surface area contributed by atoms with Gasteiger partial charge >= 0.3 is 0 Å². The SMILES string of the molecule is CN=C(NCCCOc1ccccc1)NCc1ccnn1C. The van der Waals surface area contributed by atoms with Crippen LogP contribution in [-0.2, 0) is 13.6 Å². The predicted molar refractivity (Wildman–Crippen MR) is 88.0 cm³/mol. The van der Waals surface area contributed by atoms with E-state index in [0.717, 1.165) is 30.4 Å². The van der Waals surface area contributed by atoms with Gasteiger partial charge in [-0.2, -0.15) is 5.10 Å². The third-order valence-corrected chi connectivity index (χ3v) is 3.21. The van der Waals surface area contributed by atoms with E-state index in [9.17, 15) is 0 Å². The van der Waals surface area contributed by atoms with E-state index >= 15 is 0 Å². The number of guanidine groups is 1. The van der Waals surface area contributed by atoms with Crippen LogP contribution in [0.2, 0.25) is 0 Å². The van der Waals surface area contributed by atoms with Crippen LogP contribution in [0.15, 0.2) is 47.6 Å². The monoisotopic (exact) mass is 301 g/mol. The second kappa shape index (κ2) is 8.71. The molecule has 0 unspecified atom stereocenters. The van der Waals surface area contributed by atoms with Gasteiger partial charge in [-0.15, -0.1) is 0 Å². The van der Waals surface area contributed by atoms with Crippen LogP contribution in [-0.4, -0.2) is 35.9 Å². The van der Waals surface area contributed by atoms with Gasteiger partial charge < -0.3 is 15.4 Å². The van der Waals surface area contributed by atoms with Crippen LogP contribution in [0.5, 0.6) is 5.75 Å². The summed E-state index contributed by atoms with van der Waals surface area (Å²) in [7, 11) is 3.69. The first-order valence-electron chi connectivity index (χ1n) is 7.39. The number of benzene rings is 1. The molecule has 0 radical (unpaired) electrons. The zero-order valence-electron chi connectivity index (χ0n) is 13.1. The average molecular weight is 301 g/mol. The topological polar surface area (TPSA) is 63.5 Å². The van der Waals surface area contributed by atoms with Crippen molar-refractivity contribution in [2.45, 2.75) is 13.0 Å². The lowest BCUT2D eigenvalue weighted by atomic mass is 10.3.